The number of hydrogen-bond acceptors (Lipinski definition) is 3. The minimum absolute atomic E-state index is 0.0395. The Hall–Kier alpha value is -3.48. The summed E-state index contributed by atoms with van der Waals surface area (Å²) in [4.78, 5) is 28.1. The third-order valence-corrected chi connectivity index (χ3v) is 3.59. The maximum Gasteiger partial charge on any atom is 0.269 e. The molecule has 0 saturated carbocycles. The number of halogens is 1. The highest BCUT2D eigenvalue weighted by molar-refractivity contribution is 6.07. The van der Waals surface area contributed by atoms with Gasteiger partial charge in [-0.05, 0) is 23.8 Å². The van der Waals surface area contributed by atoms with E-state index >= 15 is 0 Å². The minimum atomic E-state index is -0.719. The summed E-state index contributed by atoms with van der Waals surface area (Å²) < 4.78 is 14.8. The number of anilines is 1. The molecule has 3 N–H and O–H groups in total. The highest BCUT2D eigenvalue weighted by Crippen LogP contribution is 2.16. The molecule has 0 fully saturated rings. The lowest BCUT2D eigenvalue weighted by Crippen LogP contribution is -2.21. The Bertz CT molecular complexity index is 922. The normalized spacial score (nSPS) is 10.4. The number of nitrogens with zero attached hydrogens (tertiary/aromatic N) is 2. The van der Waals surface area contributed by atoms with Crippen molar-refractivity contribution in [1.82, 2.24) is 9.55 Å². The van der Waals surface area contributed by atoms with Crippen LogP contribution in [0, 0.1) is 5.82 Å². The number of rotatable bonds is 5. The van der Waals surface area contributed by atoms with Crippen LogP contribution in [-0.2, 0) is 6.54 Å². The Kier molecular flexibility index (Phi) is 4.56. The summed E-state index contributed by atoms with van der Waals surface area (Å²) in [5.74, 6) is -1.79. The van der Waals surface area contributed by atoms with Crippen molar-refractivity contribution in [3.8, 4) is 0 Å². The molecule has 3 aromatic rings. The largest absolute Gasteiger partial charge is 0.364 e. The molecule has 0 atom stereocenters. The Morgan fingerprint density at radius 1 is 1.12 bits per heavy atom. The van der Waals surface area contributed by atoms with Crippen LogP contribution < -0.4 is 11.1 Å². The number of aromatic nitrogens is 2. The topological polar surface area (TPSA) is 90.0 Å². The predicted molar refractivity (Wildman–Crippen MR) is 90.6 cm³/mol. The standard InChI is InChI=1S/C18H15FN4O2/c19-14-8-4-7-13(9-14)18(25)22-17-15(16(20)24)23(11-21-17)10-12-5-2-1-3-6-12/h1-9,11H,10H2,(H2,20,24)(H,22,25). The van der Waals surface area contributed by atoms with Gasteiger partial charge < -0.3 is 15.6 Å². The number of primary amides is 1. The van der Waals surface area contributed by atoms with Crippen molar-refractivity contribution in [2.75, 3.05) is 5.32 Å². The van der Waals surface area contributed by atoms with Crippen molar-refractivity contribution in [3.05, 3.63) is 83.6 Å². The highest BCUT2D eigenvalue weighted by atomic mass is 19.1. The fourth-order valence-corrected chi connectivity index (χ4v) is 2.44. The molecule has 0 saturated heterocycles. The van der Waals surface area contributed by atoms with Crippen LogP contribution in [0.1, 0.15) is 26.4 Å². The Morgan fingerprint density at radius 2 is 1.88 bits per heavy atom. The predicted octanol–water partition coefficient (Wildman–Crippen LogP) is 2.42. The second-order valence-corrected chi connectivity index (χ2v) is 5.38. The van der Waals surface area contributed by atoms with Gasteiger partial charge in [-0.25, -0.2) is 9.37 Å². The van der Waals surface area contributed by atoms with Crippen molar-refractivity contribution in [2.24, 2.45) is 5.73 Å². The maximum absolute atomic E-state index is 13.2. The number of carbonyl (C=O) groups excluding carboxylic acids is 2. The smallest absolute Gasteiger partial charge is 0.269 e. The molecular formula is C18H15FN4O2. The first-order valence-corrected chi connectivity index (χ1v) is 7.50. The van der Waals surface area contributed by atoms with Gasteiger partial charge >= 0.3 is 0 Å². The van der Waals surface area contributed by atoms with Crippen molar-refractivity contribution in [1.29, 1.82) is 0 Å². The Labute approximate surface area is 143 Å². The van der Waals surface area contributed by atoms with E-state index in [-0.39, 0.29) is 17.1 Å². The molecule has 2 amide bonds. The van der Waals surface area contributed by atoms with E-state index in [9.17, 15) is 14.0 Å². The summed E-state index contributed by atoms with van der Waals surface area (Å²) in [6.45, 7) is 0.377. The molecule has 1 heterocycles. The zero-order valence-corrected chi connectivity index (χ0v) is 13.1. The Balaban J connectivity index is 1.87. The molecule has 0 aliphatic rings. The van der Waals surface area contributed by atoms with Crippen LogP contribution in [-0.4, -0.2) is 21.4 Å². The molecule has 0 aliphatic heterocycles. The van der Waals surface area contributed by atoms with E-state index in [2.05, 4.69) is 10.3 Å². The van der Waals surface area contributed by atoms with E-state index in [1.165, 1.54) is 24.5 Å². The van der Waals surface area contributed by atoms with Gasteiger partial charge in [0.05, 0.1) is 6.33 Å². The molecule has 3 rings (SSSR count). The molecule has 0 unspecified atom stereocenters. The number of nitrogens with two attached hydrogens (primary N) is 1. The lowest BCUT2D eigenvalue weighted by molar-refractivity contribution is 0.0993. The van der Waals surface area contributed by atoms with Crippen LogP contribution in [0.25, 0.3) is 0 Å². The van der Waals surface area contributed by atoms with Crippen LogP contribution in [0.2, 0.25) is 0 Å². The molecule has 126 valence electrons. The number of carbonyl (C=O) groups is 2. The van der Waals surface area contributed by atoms with E-state index < -0.39 is 17.6 Å². The zero-order chi connectivity index (χ0) is 17.8. The molecule has 0 aliphatic carbocycles. The number of benzene rings is 2. The molecule has 0 radical (unpaired) electrons. The summed E-state index contributed by atoms with van der Waals surface area (Å²) in [5, 5.41) is 2.50. The van der Waals surface area contributed by atoms with Crippen LogP contribution in [0.4, 0.5) is 10.2 Å². The first-order chi connectivity index (χ1) is 12.0. The fraction of sp³-hybridized carbons (Fsp3) is 0.0556. The van der Waals surface area contributed by atoms with Crippen LogP contribution >= 0.6 is 0 Å². The van der Waals surface area contributed by atoms with Gasteiger partial charge in [-0.3, -0.25) is 9.59 Å². The highest BCUT2D eigenvalue weighted by Gasteiger charge is 2.19. The summed E-state index contributed by atoms with van der Waals surface area (Å²) in [6.07, 6.45) is 1.42. The van der Waals surface area contributed by atoms with Gasteiger partial charge in [-0.15, -0.1) is 0 Å². The van der Waals surface area contributed by atoms with E-state index in [1.807, 2.05) is 30.3 Å². The zero-order valence-electron chi connectivity index (χ0n) is 13.1. The molecule has 25 heavy (non-hydrogen) atoms. The molecule has 0 spiro atoms. The SMILES string of the molecule is NC(=O)c1c(NC(=O)c2cccc(F)c2)ncn1Cc1ccccc1. The van der Waals surface area contributed by atoms with E-state index in [0.717, 1.165) is 11.6 Å². The maximum atomic E-state index is 13.2. The quantitative estimate of drug-likeness (QED) is 0.748. The minimum Gasteiger partial charge on any atom is -0.364 e. The Morgan fingerprint density at radius 3 is 2.56 bits per heavy atom. The third-order valence-electron chi connectivity index (χ3n) is 3.59. The second-order valence-electron chi connectivity index (χ2n) is 5.38. The third kappa shape index (κ3) is 3.72. The lowest BCUT2D eigenvalue weighted by Gasteiger charge is -2.08. The van der Waals surface area contributed by atoms with Gasteiger partial charge in [0.25, 0.3) is 11.8 Å². The second kappa shape index (κ2) is 6.96. The molecule has 7 heteroatoms. The number of imidazole rings is 1. The summed E-state index contributed by atoms with van der Waals surface area (Å²) in [6, 6.07) is 14.7. The lowest BCUT2D eigenvalue weighted by atomic mass is 10.2. The van der Waals surface area contributed by atoms with Crippen molar-refractivity contribution < 1.29 is 14.0 Å². The number of nitrogens with one attached hydrogen (secondary N) is 1. The monoisotopic (exact) mass is 338 g/mol. The molecule has 2 aromatic carbocycles. The van der Waals surface area contributed by atoms with Gasteiger partial charge in [-0.2, -0.15) is 0 Å². The number of hydrogen-bond donors (Lipinski definition) is 2. The molecular weight excluding hydrogens is 323 g/mol. The summed E-state index contributed by atoms with van der Waals surface area (Å²) in [5.41, 5.74) is 6.59. The van der Waals surface area contributed by atoms with Crippen molar-refractivity contribution in [2.45, 2.75) is 6.54 Å². The van der Waals surface area contributed by atoms with Crippen molar-refractivity contribution >= 4 is 17.6 Å². The van der Waals surface area contributed by atoms with Crippen LogP contribution in [0.5, 0.6) is 0 Å². The fourth-order valence-electron chi connectivity index (χ4n) is 2.44. The van der Waals surface area contributed by atoms with E-state index in [0.29, 0.717) is 6.54 Å². The first-order valence-electron chi connectivity index (χ1n) is 7.50. The summed E-state index contributed by atoms with van der Waals surface area (Å²) >= 11 is 0. The average Bonchev–Trinajstić information content (AvgIpc) is 2.98. The van der Waals surface area contributed by atoms with Gasteiger partial charge in [0, 0.05) is 12.1 Å². The van der Waals surface area contributed by atoms with Gasteiger partial charge in [0.15, 0.2) is 11.5 Å². The van der Waals surface area contributed by atoms with Gasteiger partial charge in [0.2, 0.25) is 0 Å². The van der Waals surface area contributed by atoms with E-state index in [1.54, 1.807) is 4.57 Å². The van der Waals surface area contributed by atoms with Crippen LogP contribution in [0.3, 0.4) is 0 Å². The molecule has 6 nitrogen and oxygen atoms in total. The number of amides is 2. The summed E-state index contributed by atoms with van der Waals surface area (Å²) in [7, 11) is 0. The molecule has 1 aromatic heterocycles. The molecule has 0 bridgehead atoms. The van der Waals surface area contributed by atoms with Crippen molar-refractivity contribution in [3.63, 3.8) is 0 Å². The first kappa shape index (κ1) is 16.4. The average molecular weight is 338 g/mol. The van der Waals surface area contributed by atoms with Gasteiger partial charge in [-0.1, -0.05) is 36.4 Å². The van der Waals surface area contributed by atoms with E-state index in [4.69, 9.17) is 5.73 Å². The van der Waals surface area contributed by atoms with Gasteiger partial charge in [0.1, 0.15) is 5.82 Å². The van der Waals surface area contributed by atoms with Crippen LogP contribution in [0.15, 0.2) is 60.9 Å².